The predicted molar refractivity (Wildman–Crippen MR) is 119 cm³/mol. The van der Waals surface area contributed by atoms with Gasteiger partial charge in [0.1, 0.15) is 23.2 Å². The lowest BCUT2D eigenvalue weighted by Gasteiger charge is -2.08. The topological polar surface area (TPSA) is 149 Å². The molecule has 0 spiro atoms. The highest BCUT2D eigenvalue weighted by molar-refractivity contribution is 5.77. The lowest BCUT2D eigenvalue weighted by molar-refractivity contribution is -0.123. The third-order valence-corrected chi connectivity index (χ3v) is 4.69. The van der Waals surface area contributed by atoms with Crippen LogP contribution in [-0.4, -0.2) is 34.7 Å². The Morgan fingerprint density at radius 2 is 1.84 bits per heavy atom. The number of nitriles is 1. The van der Waals surface area contributed by atoms with Crippen LogP contribution in [0.2, 0.25) is 0 Å². The molecule has 2 aromatic carbocycles. The van der Waals surface area contributed by atoms with Crippen LogP contribution in [0.25, 0.3) is 5.69 Å². The number of rotatable bonds is 10. The van der Waals surface area contributed by atoms with Crippen molar-refractivity contribution in [1.29, 1.82) is 5.26 Å². The number of para-hydroxylation sites is 1. The summed E-state index contributed by atoms with van der Waals surface area (Å²) in [5, 5.41) is 16.7. The van der Waals surface area contributed by atoms with Gasteiger partial charge in [-0.1, -0.05) is 30.3 Å². The third kappa shape index (κ3) is 5.86. The molecule has 0 bridgehead atoms. The fraction of sp³-hybridized carbons (Fsp3) is 0.217. The predicted octanol–water partition coefficient (Wildman–Crippen LogP) is 1.48. The molecule has 5 N–H and O–H groups in total. The molecule has 3 rings (SSSR count). The van der Waals surface area contributed by atoms with Crippen molar-refractivity contribution in [1.82, 2.24) is 15.1 Å². The molecule has 1 heterocycles. The number of nitrogen functional groups attached to an aromatic ring is 1. The summed E-state index contributed by atoms with van der Waals surface area (Å²) in [6.45, 7) is 0.275. The van der Waals surface area contributed by atoms with Gasteiger partial charge in [0.2, 0.25) is 5.91 Å². The van der Waals surface area contributed by atoms with Crippen LogP contribution in [0.1, 0.15) is 23.2 Å². The van der Waals surface area contributed by atoms with Crippen LogP contribution in [0.15, 0.2) is 54.6 Å². The molecule has 0 aliphatic carbocycles. The number of benzene rings is 2. The highest BCUT2D eigenvalue weighted by atomic mass is 16.5. The van der Waals surface area contributed by atoms with Crippen molar-refractivity contribution in [2.75, 3.05) is 18.9 Å². The van der Waals surface area contributed by atoms with Crippen molar-refractivity contribution >= 4 is 17.6 Å². The Balaban J connectivity index is 1.45. The summed E-state index contributed by atoms with van der Waals surface area (Å²) in [6.07, 6.45) is 1.24. The molecule has 9 heteroatoms. The van der Waals surface area contributed by atoms with Crippen molar-refractivity contribution in [3.8, 4) is 17.5 Å². The van der Waals surface area contributed by atoms with Crippen molar-refractivity contribution in [2.24, 2.45) is 5.73 Å². The molecular weight excluding hydrogens is 408 g/mol. The summed E-state index contributed by atoms with van der Waals surface area (Å²) in [5.41, 5.74) is 13.8. The van der Waals surface area contributed by atoms with E-state index in [1.165, 1.54) is 0 Å². The molecule has 0 atom stereocenters. The minimum Gasteiger partial charge on any atom is -0.484 e. The van der Waals surface area contributed by atoms with Gasteiger partial charge in [-0.2, -0.15) is 10.4 Å². The van der Waals surface area contributed by atoms with Gasteiger partial charge in [-0.3, -0.25) is 9.59 Å². The van der Waals surface area contributed by atoms with Gasteiger partial charge in [-0.05, 0) is 42.7 Å². The lowest BCUT2D eigenvalue weighted by Crippen LogP contribution is -2.30. The van der Waals surface area contributed by atoms with E-state index in [1.54, 1.807) is 28.9 Å². The molecule has 0 aliphatic rings. The van der Waals surface area contributed by atoms with E-state index in [2.05, 4.69) is 16.5 Å². The number of primary amides is 1. The molecule has 0 unspecified atom stereocenters. The number of anilines is 1. The van der Waals surface area contributed by atoms with E-state index in [0.29, 0.717) is 42.2 Å². The molecule has 164 valence electrons. The fourth-order valence-corrected chi connectivity index (χ4v) is 3.13. The smallest absolute Gasteiger partial charge is 0.257 e. The van der Waals surface area contributed by atoms with Gasteiger partial charge in [0.15, 0.2) is 6.61 Å². The molecule has 0 aliphatic heterocycles. The van der Waals surface area contributed by atoms with E-state index in [0.717, 1.165) is 11.3 Å². The van der Waals surface area contributed by atoms with E-state index in [-0.39, 0.29) is 18.9 Å². The van der Waals surface area contributed by atoms with Gasteiger partial charge in [0, 0.05) is 6.54 Å². The molecular formula is C23H24N6O3. The summed E-state index contributed by atoms with van der Waals surface area (Å²) in [4.78, 5) is 22.9. The third-order valence-electron chi connectivity index (χ3n) is 4.69. The van der Waals surface area contributed by atoms with Gasteiger partial charge in [-0.15, -0.1) is 0 Å². The number of hydrogen-bond acceptors (Lipinski definition) is 6. The number of nitrogens with zero attached hydrogens (tertiary/aromatic N) is 3. The van der Waals surface area contributed by atoms with Crippen LogP contribution in [0, 0.1) is 11.3 Å². The first-order valence-electron chi connectivity index (χ1n) is 10.1. The minimum atomic E-state index is -0.408. The number of ether oxygens (including phenoxy) is 1. The molecule has 9 nitrogen and oxygen atoms in total. The zero-order valence-electron chi connectivity index (χ0n) is 17.5. The van der Waals surface area contributed by atoms with Gasteiger partial charge < -0.3 is 21.5 Å². The number of nitrogens with two attached hydrogens (primary N) is 2. The summed E-state index contributed by atoms with van der Waals surface area (Å²) < 4.78 is 6.99. The summed E-state index contributed by atoms with van der Waals surface area (Å²) in [5.74, 6) is 0.150. The van der Waals surface area contributed by atoms with E-state index in [9.17, 15) is 14.9 Å². The Morgan fingerprint density at radius 1 is 1.12 bits per heavy atom. The SMILES string of the molecule is N#Cc1c(CCCNC(=O)COc2ccc(CC(N)=O)cc2)nn(-c2ccccc2)c1N. The van der Waals surface area contributed by atoms with Crippen molar-refractivity contribution in [2.45, 2.75) is 19.3 Å². The Bertz CT molecular complexity index is 1120. The molecule has 0 saturated carbocycles. The average molecular weight is 432 g/mol. The van der Waals surface area contributed by atoms with Crippen molar-refractivity contribution in [3.05, 3.63) is 71.4 Å². The monoisotopic (exact) mass is 432 g/mol. The molecule has 32 heavy (non-hydrogen) atoms. The van der Waals surface area contributed by atoms with Gasteiger partial charge in [-0.25, -0.2) is 4.68 Å². The van der Waals surface area contributed by atoms with E-state index in [4.69, 9.17) is 16.2 Å². The summed E-state index contributed by atoms with van der Waals surface area (Å²) in [7, 11) is 0. The second-order valence-electron chi connectivity index (χ2n) is 7.10. The second-order valence-corrected chi connectivity index (χ2v) is 7.10. The van der Waals surface area contributed by atoms with Gasteiger partial charge in [0.25, 0.3) is 5.91 Å². The van der Waals surface area contributed by atoms with Gasteiger partial charge >= 0.3 is 0 Å². The molecule has 2 amide bonds. The molecule has 0 radical (unpaired) electrons. The normalized spacial score (nSPS) is 10.3. The number of amides is 2. The Kier molecular flexibility index (Phi) is 7.43. The maximum Gasteiger partial charge on any atom is 0.257 e. The number of carbonyl (C=O) groups is 2. The standard InChI is InChI=1S/C23H24N6O3/c24-14-19-20(28-29(23(19)26)17-5-2-1-3-6-17)7-4-12-27-22(31)15-32-18-10-8-16(9-11-18)13-21(25)30/h1-3,5-6,8-11H,4,7,12-13,15,26H2,(H2,25,30)(H,27,31). The Labute approximate surface area is 185 Å². The van der Waals surface area contributed by atoms with E-state index >= 15 is 0 Å². The van der Waals surface area contributed by atoms with Crippen LogP contribution in [0.4, 0.5) is 5.82 Å². The van der Waals surface area contributed by atoms with E-state index in [1.807, 2.05) is 30.3 Å². The highest BCUT2D eigenvalue weighted by Crippen LogP contribution is 2.21. The average Bonchev–Trinajstić information content (AvgIpc) is 3.11. The number of hydrogen-bond donors (Lipinski definition) is 3. The quantitative estimate of drug-likeness (QED) is 0.413. The van der Waals surface area contributed by atoms with Crippen LogP contribution in [0.3, 0.4) is 0 Å². The first-order valence-corrected chi connectivity index (χ1v) is 10.1. The zero-order valence-corrected chi connectivity index (χ0v) is 17.5. The number of aromatic nitrogens is 2. The summed E-state index contributed by atoms with van der Waals surface area (Å²) >= 11 is 0. The number of carbonyl (C=O) groups excluding carboxylic acids is 2. The molecule has 1 aromatic heterocycles. The maximum atomic E-state index is 12.0. The molecule has 3 aromatic rings. The lowest BCUT2D eigenvalue weighted by atomic mass is 10.1. The van der Waals surface area contributed by atoms with Gasteiger partial charge in [0.05, 0.1) is 17.8 Å². The largest absolute Gasteiger partial charge is 0.484 e. The Hall–Kier alpha value is -4.32. The first kappa shape index (κ1) is 22.4. The molecule has 0 saturated heterocycles. The number of nitrogens with one attached hydrogen (secondary N) is 1. The first-order chi connectivity index (χ1) is 15.5. The van der Waals surface area contributed by atoms with Crippen molar-refractivity contribution in [3.63, 3.8) is 0 Å². The molecule has 0 fully saturated rings. The fourth-order valence-electron chi connectivity index (χ4n) is 3.13. The Morgan fingerprint density at radius 3 is 2.50 bits per heavy atom. The zero-order chi connectivity index (χ0) is 22.9. The minimum absolute atomic E-state index is 0.131. The second kappa shape index (κ2) is 10.6. The van der Waals surface area contributed by atoms with Crippen LogP contribution in [0.5, 0.6) is 5.75 Å². The number of aryl methyl sites for hydroxylation is 1. The maximum absolute atomic E-state index is 12.0. The van der Waals surface area contributed by atoms with Crippen LogP contribution >= 0.6 is 0 Å². The van der Waals surface area contributed by atoms with E-state index < -0.39 is 5.91 Å². The summed E-state index contributed by atoms with van der Waals surface area (Å²) in [6, 6.07) is 18.3. The van der Waals surface area contributed by atoms with Crippen molar-refractivity contribution < 1.29 is 14.3 Å². The highest BCUT2D eigenvalue weighted by Gasteiger charge is 2.16. The van der Waals surface area contributed by atoms with Crippen LogP contribution < -0.4 is 21.5 Å². The van der Waals surface area contributed by atoms with Crippen LogP contribution in [-0.2, 0) is 22.4 Å².